The zero-order valence-electron chi connectivity index (χ0n) is 11.6. The van der Waals surface area contributed by atoms with Gasteiger partial charge in [-0.2, -0.15) is 0 Å². The van der Waals surface area contributed by atoms with E-state index in [0.717, 1.165) is 32.0 Å². The Kier molecular flexibility index (Phi) is 4.74. The van der Waals surface area contributed by atoms with Crippen molar-refractivity contribution in [1.82, 2.24) is 9.88 Å². The number of anilines is 1. The van der Waals surface area contributed by atoms with Gasteiger partial charge in [-0.15, -0.1) is 0 Å². The van der Waals surface area contributed by atoms with Gasteiger partial charge in [-0.1, -0.05) is 0 Å². The van der Waals surface area contributed by atoms with Crippen LogP contribution in [-0.4, -0.2) is 55.2 Å². The standard InChI is InChI=1S/C14H21N3O2/c1-3-16(4-2)14(18)13-6-5-12(11-15-13)17-7-9-19-10-8-17/h5-6,11H,3-4,7-10H2,1-2H3. The van der Waals surface area contributed by atoms with E-state index >= 15 is 0 Å². The van der Waals surface area contributed by atoms with Crippen molar-refractivity contribution in [3.63, 3.8) is 0 Å². The van der Waals surface area contributed by atoms with Crippen LogP contribution in [0.15, 0.2) is 18.3 Å². The molecule has 1 aromatic rings. The van der Waals surface area contributed by atoms with Crippen LogP contribution in [0, 0.1) is 0 Å². The van der Waals surface area contributed by atoms with E-state index in [1.807, 2.05) is 26.0 Å². The maximum absolute atomic E-state index is 12.1. The van der Waals surface area contributed by atoms with Crippen LogP contribution in [0.4, 0.5) is 5.69 Å². The molecule has 5 heteroatoms. The first-order valence-corrected chi connectivity index (χ1v) is 6.84. The van der Waals surface area contributed by atoms with E-state index in [1.54, 1.807) is 11.1 Å². The first kappa shape index (κ1) is 13.8. The molecule has 2 rings (SSSR count). The molecule has 1 aliphatic rings. The third-order valence-corrected chi connectivity index (χ3v) is 3.39. The molecule has 0 spiro atoms. The second-order valence-corrected chi connectivity index (χ2v) is 4.48. The molecule has 0 saturated carbocycles. The fourth-order valence-electron chi connectivity index (χ4n) is 2.19. The van der Waals surface area contributed by atoms with Gasteiger partial charge < -0.3 is 14.5 Å². The molecule has 0 bridgehead atoms. The topological polar surface area (TPSA) is 45.7 Å². The van der Waals surface area contributed by atoms with E-state index in [4.69, 9.17) is 4.74 Å². The molecule has 1 aromatic heterocycles. The molecule has 0 aliphatic carbocycles. The third kappa shape index (κ3) is 3.23. The second-order valence-electron chi connectivity index (χ2n) is 4.48. The molecule has 2 heterocycles. The molecular formula is C14H21N3O2. The van der Waals surface area contributed by atoms with Crippen LogP contribution in [0.5, 0.6) is 0 Å². The number of carbonyl (C=O) groups excluding carboxylic acids is 1. The Labute approximate surface area is 114 Å². The van der Waals surface area contributed by atoms with Crippen molar-refractivity contribution in [3.05, 3.63) is 24.0 Å². The number of ether oxygens (including phenoxy) is 1. The Morgan fingerprint density at radius 2 is 2.00 bits per heavy atom. The van der Waals surface area contributed by atoms with Crippen molar-refractivity contribution in [2.24, 2.45) is 0 Å². The number of nitrogens with zero attached hydrogens (tertiary/aromatic N) is 3. The summed E-state index contributed by atoms with van der Waals surface area (Å²) in [6, 6.07) is 3.78. The van der Waals surface area contributed by atoms with Crippen LogP contribution in [0.2, 0.25) is 0 Å². The molecule has 0 radical (unpaired) electrons. The highest BCUT2D eigenvalue weighted by molar-refractivity contribution is 5.92. The zero-order chi connectivity index (χ0) is 13.7. The number of hydrogen-bond acceptors (Lipinski definition) is 4. The molecular weight excluding hydrogens is 242 g/mol. The quantitative estimate of drug-likeness (QED) is 0.824. The van der Waals surface area contributed by atoms with Crippen LogP contribution in [0.3, 0.4) is 0 Å². The summed E-state index contributed by atoms with van der Waals surface area (Å²) in [7, 11) is 0. The number of amides is 1. The molecule has 5 nitrogen and oxygen atoms in total. The first-order chi connectivity index (χ1) is 9.26. The van der Waals surface area contributed by atoms with E-state index in [1.165, 1.54) is 0 Å². The summed E-state index contributed by atoms with van der Waals surface area (Å²) in [6.45, 7) is 8.63. The summed E-state index contributed by atoms with van der Waals surface area (Å²) < 4.78 is 5.32. The van der Waals surface area contributed by atoms with Gasteiger partial charge in [-0.3, -0.25) is 4.79 Å². The minimum absolute atomic E-state index is 0.00136. The van der Waals surface area contributed by atoms with E-state index < -0.39 is 0 Å². The van der Waals surface area contributed by atoms with Crippen molar-refractivity contribution in [3.8, 4) is 0 Å². The maximum atomic E-state index is 12.1. The highest BCUT2D eigenvalue weighted by atomic mass is 16.5. The van der Waals surface area contributed by atoms with Crippen molar-refractivity contribution in [1.29, 1.82) is 0 Å². The fraction of sp³-hybridized carbons (Fsp3) is 0.571. The number of morpholine rings is 1. The van der Waals surface area contributed by atoms with Gasteiger partial charge in [0.15, 0.2) is 0 Å². The highest BCUT2D eigenvalue weighted by Crippen LogP contribution is 2.15. The normalized spacial score (nSPS) is 15.4. The lowest BCUT2D eigenvalue weighted by Crippen LogP contribution is -2.36. The summed E-state index contributed by atoms with van der Waals surface area (Å²) in [4.78, 5) is 20.4. The second kappa shape index (κ2) is 6.52. The third-order valence-electron chi connectivity index (χ3n) is 3.39. The molecule has 1 aliphatic heterocycles. The average molecular weight is 263 g/mol. The minimum atomic E-state index is -0.00136. The van der Waals surface area contributed by atoms with Gasteiger partial charge in [-0.05, 0) is 26.0 Å². The Morgan fingerprint density at radius 3 is 2.53 bits per heavy atom. The molecule has 0 unspecified atom stereocenters. The van der Waals surface area contributed by atoms with Gasteiger partial charge in [0.05, 0.1) is 25.1 Å². The number of carbonyl (C=O) groups is 1. The lowest BCUT2D eigenvalue weighted by atomic mass is 10.2. The zero-order valence-corrected chi connectivity index (χ0v) is 11.6. The van der Waals surface area contributed by atoms with Gasteiger partial charge in [0.25, 0.3) is 5.91 Å². The Balaban J connectivity index is 2.07. The average Bonchev–Trinajstić information content (AvgIpc) is 2.49. The Bertz CT molecular complexity index is 409. The summed E-state index contributed by atoms with van der Waals surface area (Å²) >= 11 is 0. The van der Waals surface area contributed by atoms with Crippen LogP contribution in [0.1, 0.15) is 24.3 Å². The molecule has 19 heavy (non-hydrogen) atoms. The summed E-state index contributed by atoms with van der Waals surface area (Å²) in [5, 5.41) is 0. The summed E-state index contributed by atoms with van der Waals surface area (Å²) in [5.41, 5.74) is 1.57. The van der Waals surface area contributed by atoms with Crippen molar-refractivity contribution in [2.45, 2.75) is 13.8 Å². The van der Waals surface area contributed by atoms with Crippen LogP contribution < -0.4 is 4.90 Å². The Hall–Kier alpha value is -1.62. The van der Waals surface area contributed by atoms with E-state index in [9.17, 15) is 4.79 Å². The van der Waals surface area contributed by atoms with Gasteiger partial charge in [-0.25, -0.2) is 4.98 Å². The van der Waals surface area contributed by atoms with E-state index in [2.05, 4.69) is 9.88 Å². The number of aromatic nitrogens is 1. The molecule has 1 saturated heterocycles. The van der Waals surface area contributed by atoms with Crippen LogP contribution in [-0.2, 0) is 4.74 Å². The molecule has 0 atom stereocenters. The Morgan fingerprint density at radius 1 is 1.32 bits per heavy atom. The fourth-order valence-corrected chi connectivity index (χ4v) is 2.19. The predicted molar refractivity (Wildman–Crippen MR) is 74.5 cm³/mol. The lowest BCUT2D eigenvalue weighted by molar-refractivity contribution is 0.0767. The monoisotopic (exact) mass is 263 g/mol. The van der Waals surface area contributed by atoms with Crippen molar-refractivity contribution < 1.29 is 9.53 Å². The van der Waals surface area contributed by atoms with E-state index in [-0.39, 0.29) is 5.91 Å². The minimum Gasteiger partial charge on any atom is -0.378 e. The summed E-state index contributed by atoms with van der Waals surface area (Å²) in [6.07, 6.45) is 1.78. The number of pyridine rings is 1. The summed E-state index contributed by atoms with van der Waals surface area (Å²) in [5.74, 6) is -0.00136. The number of hydrogen-bond donors (Lipinski definition) is 0. The van der Waals surface area contributed by atoms with Gasteiger partial charge in [0.1, 0.15) is 5.69 Å². The number of rotatable bonds is 4. The van der Waals surface area contributed by atoms with E-state index in [0.29, 0.717) is 18.8 Å². The van der Waals surface area contributed by atoms with Crippen molar-refractivity contribution in [2.75, 3.05) is 44.3 Å². The van der Waals surface area contributed by atoms with Gasteiger partial charge in [0, 0.05) is 26.2 Å². The molecule has 104 valence electrons. The van der Waals surface area contributed by atoms with Crippen LogP contribution in [0.25, 0.3) is 0 Å². The molecule has 0 aromatic carbocycles. The highest BCUT2D eigenvalue weighted by Gasteiger charge is 2.15. The molecule has 1 amide bonds. The lowest BCUT2D eigenvalue weighted by Gasteiger charge is -2.28. The van der Waals surface area contributed by atoms with Crippen LogP contribution >= 0.6 is 0 Å². The molecule has 1 fully saturated rings. The molecule has 0 N–H and O–H groups in total. The predicted octanol–water partition coefficient (Wildman–Crippen LogP) is 1.40. The smallest absolute Gasteiger partial charge is 0.272 e. The SMILES string of the molecule is CCN(CC)C(=O)c1ccc(N2CCOCC2)cn1. The largest absolute Gasteiger partial charge is 0.378 e. The maximum Gasteiger partial charge on any atom is 0.272 e. The van der Waals surface area contributed by atoms with Gasteiger partial charge >= 0.3 is 0 Å². The first-order valence-electron chi connectivity index (χ1n) is 6.84. The van der Waals surface area contributed by atoms with Gasteiger partial charge in [0.2, 0.25) is 0 Å². The van der Waals surface area contributed by atoms with Crippen molar-refractivity contribution >= 4 is 11.6 Å².